The Morgan fingerprint density at radius 3 is 2.63 bits per heavy atom. The monoisotopic (exact) mass is 483 g/mol. The Hall–Kier alpha value is -2.97. The van der Waals surface area contributed by atoms with Crippen LogP contribution in [0.2, 0.25) is 0 Å². The van der Waals surface area contributed by atoms with E-state index >= 15 is 0 Å². The molecule has 0 spiro atoms. The first-order valence-corrected chi connectivity index (χ1v) is 12.4. The Morgan fingerprint density at radius 1 is 1.11 bits per heavy atom. The van der Waals surface area contributed by atoms with Crippen molar-refractivity contribution in [3.63, 3.8) is 0 Å². The van der Waals surface area contributed by atoms with Gasteiger partial charge in [0, 0.05) is 25.3 Å². The molecule has 4 rings (SSSR count). The average molecular weight is 484 g/mol. The zero-order chi connectivity index (χ0) is 24.6. The molecule has 0 bridgehead atoms. The molecule has 1 atom stereocenters. The van der Waals surface area contributed by atoms with Gasteiger partial charge < -0.3 is 24.6 Å². The Labute approximate surface area is 206 Å². The van der Waals surface area contributed by atoms with Gasteiger partial charge in [-0.15, -0.1) is 0 Å². The fourth-order valence-corrected chi connectivity index (χ4v) is 4.77. The van der Waals surface area contributed by atoms with E-state index < -0.39 is 5.97 Å². The van der Waals surface area contributed by atoms with E-state index in [2.05, 4.69) is 10.2 Å². The number of urea groups is 1. The van der Waals surface area contributed by atoms with E-state index in [4.69, 9.17) is 9.47 Å². The van der Waals surface area contributed by atoms with Gasteiger partial charge in [0.05, 0.1) is 24.9 Å². The second kappa shape index (κ2) is 12.1. The Bertz CT molecular complexity index is 992. The molecule has 2 amide bonds. The minimum atomic E-state index is -0.406. The van der Waals surface area contributed by atoms with Crippen molar-refractivity contribution >= 4 is 17.7 Å². The molecule has 2 heterocycles. The number of halogens is 1. The summed E-state index contributed by atoms with van der Waals surface area (Å²) >= 11 is 0. The van der Waals surface area contributed by atoms with Crippen LogP contribution in [0.5, 0.6) is 0 Å². The number of esters is 1. The van der Waals surface area contributed by atoms with Crippen LogP contribution in [0.1, 0.15) is 35.7 Å². The van der Waals surface area contributed by atoms with E-state index in [1.54, 1.807) is 36.1 Å². The topological polar surface area (TPSA) is 71.1 Å². The predicted octanol–water partition coefficient (Wildman–Crippen LogP) is 4.19. The van der Waals surface area contributed by atoms with Crippen molar-refractivity contribution in [2.75, 3.05) is 51.3 Å². The van der Waals surface area contributed by atoms with Gasteiger partial charge in [0.2, 0.25) is 0 Å². The highest BCUT2D eigenvalue weighted by Gasteiger charge is 2.28. The van der Waals surface area contributed by atoms with Gasteiger partial charge >= 0.3 is 12.0 Å². The number of benzene rings is 2. The van der Waals surface area contributed by atoms with Crippen LogP contribution in [0.3, 0.4) is 0 Å². The Kier molecular flexibility index (Phi) is 8.71. The number of likely N-dealkylation sites (tertiary alicyclic amines) is 1. The average Bonchev–Trinajstić information content (AvgIpc) is 2.87. The zero-order valence-electron chi connectivity index (χ0n) is 20.2. The number of amides is 2. The molecule has 2 saturated heterocycles. The van der Waals surface area contributed by atoms with Gasteiger partial charge in [0.15, 0.2) is 0 Å². The van der Waals surface area contributed by atoms with Gasteiger partial charge in [0.1, 0.15) is 5.82 Å². The largest absolute Gasteiger partial charge is 0.462 e. The third kappa shape index (κ3) is 7.26. The quantitative estimate of drug-likeness (QED) is 0.598. The molecule has 188 valence electrons. The van der Waals surface area contributed by atoms with Crippen molar-refractivity contribution in [3.05, 3.63) is 65.5 Å². The van der Waals surface area contributed by atoms with Crippen molar-refractivity contribution in [2.45, 2.75) is 32.3 Å². The summed E-state index contributed by atoms with van der Waals surface area (Å²) in [4.78, 5) is 29.0. The van der Waals surface area contributed by atoms with E-state index in [0.717, 1.165) is 38.9 Å². The third-order valence-electron chi connectivity index (χ3n) is 6.66. The summed E-state index contributed by atoms with van der Waals surface area (Å²) in [6, 6.07) is 13.4. The van der Waals surface area contributed by atoms with Crippen molar-refractivity contribution < 1.29 is 23.5 Å². The first-order chi connectivity index (χ1) is 17.0. The first-order valence-electron chi connectivity index (χ1n) is 12.4. The number of piperidine rings is 1. The van der Waals surface area contributed by atoms with Crippen molar-refractivity contribution in [1.29, 1.82) is 0 Å². The lowest BCUT2D eigenvalue weighted by atomic mass is 9.90. The fraction of sp³-hybridized carbons (Fsp3) is 0.481. The number of carbonyl (C=O) groups excluding carboxylic acids is 2. The number of carbonyl (C=O) groups is 2. The molecule has 0 saturated carbocycles. The second-order valence-corrected chi connectivity index (χ2v) is 9.24. The van der Waals surface area contributed by atoms with Gasteiger partial charge in [-0.25, -0.2) is 14.0 Å². The van der Waals surface area contributed by atoms with Crippen molar-refractivity contribution in [1.82, 2.24) is 9.80 Å². The second-order valence-electron chi connectivity index (χ2n) is 9.24. The normalized spacial score (nSPS) is 19.4. The van der Waals surface area contributed by atoms with E-state index in [1.807, 2.05) is 12.1 Å². The van der Waals surface area contributed by atoms with Crippen LogP contribution in [0.4, 0.5) is 14.9 Å². The minimum absolute atomic E-state index is 0.0333. The lowest BCUT2D eigenvalue weighted by Gasteiger charge is -2.38. The van der Waals surface area contributed by atoms with Gasteiger partial charge in [-0.1, -0.05) is 18.2 Å². The maximum absolute atomic E-state index is 13.1. The predicted molar refractivity (Wildman–Crippen MR) is 132 cm³/mol. The van der Waals surface area contributed by atoms with Crippen LogP contribution >= 0.6 is 0 Å². The Morgan fingerprint density at radius 2 is 1.89 bits per heavy atom. The molecule has 0 aliphatic carbocycles. The summed E-state index contributed by atoms with van der Waals surface area (Å²) in [5.74, 6) is 0.0112. The third-order valence-corrected chi connectivity index (χ3v) is 6.66. The zero-order valence-corrected chi connectivity index (χ0v) is 20.2. The number of hydrogen-bond donors (Lipinski definition) is 1. The Balaban J connectivity index is 1.23. The summed E-state index contributed by atoms with van der Waals surface area (Å²) < 4.78 is 24.1. The molecule has 2 fully saturated rings. The van der Waals surface area contributed by atoms with Gasteiger partial charge in [-0.3, -0.25) is 0 Å². The highest BCUT2D eigenvalue weighted by molar-refractivity contribution is 5.94. The maximum atomic E-state index is 13.1. The molecule has 1 unspecified atom stereocenters. The first kappa shape index (κ1) is 25.1. The van der Waals surface area contributed by atoms with Crippen molar-refractivity contribution in [2.24, 2.45) is 5.92 Å². The maximum Gasteiger partial charge on any atom is 0.338 e. The molecule has 0 aromatic heterocycles. The van der Waals surface area contributed by atoms with Crippen LogP contribution in [-0.2, 0) is 15.9 Å². The molecule has 8 heteroatoms. The molecule has 7 nitrogen and oxygen atoms in total. The molecular formula is C27H34FN3O4. The summed E-state index contributed by atoms with van der Waals surface area (Å²) in [6.45, 7) is 6.41. The molecular weight excluding hydrogens is 449 g/mol. The van der Waals surface area contributed by atoms with Gasteiger partial charge in [0.25, 0.3) is 0 Å². The van der Waals surface area contributed by atoms with Crippen LogP contribution in [-0.4, -0.2) is 73.8 Å². The number of nitrogens with one attached hydrogen (secondary N) is 1. The highest BCUT2D eigenvalue weighted by Crippen LogP contribution is 2.23. The van der Waals surface area contributed by atoms with E-state index in [-0.39, 0.29) is 18.0 Å². The molecule has 2 aliphatic heterocycles. The molecule has 1 N–H and O–H groups in total. The lowest BCUT2D eigenvalue weighted by Crippen LogP contribution is -2.51. The van der Waals surface area contributed by atoms with Crippen LogP contribution in [0.15, 0.2) is 48.5 Å². The molecule has 2 aliphatic rings. The lowest BCUT2D eigenvalue weighted by molar-refractivity contribution is -0.0329. The van der Waals surface area contributed by atoms with Gasteiger partial charge in [-0.05, 0) is 81.1 Å². The number of anilines is 1. The number of hydrogen-bond acceptors (Lipinski definition) is 5. The van der Waals surface area contributed by atoms with E-state index in [1.165, 1.54) is 17.7 Å². The molecule has 2 aromatic rings. The van der Waals surface area contributed by atoms with Crippen molar-refractivity contribution in [3.8, 4) is 0 Å². The number of nitrogens with zero attached hydrogens (tertiary/aromatic N) is 2. The SMILES string of the molecule is CCOC(=O)c1cccc(NC(=O)N2CCOC(CN3CCC(Cc4ccc(F)cc4)CC3)C2)c1. The van der Waals surface area contributed by atoms with Crippen LogP contribution in [0, 0.1) is 11.7 Å². The molecule has 35 heavy (non-hydrogen) atoms. The van der Waals surface area contributed by atoms with Crippen LogP contribution < -0.4 is 5.32 Å². The number of ether oxygens (including phenoxy) is 2. The summed E-state index contributed by atoms with van der Waals surface area (Å²) in [5, 5.41) is 2.89. The number of rotatable bonds is 7. The molecule has 0 radical (unpaired) electrons. The smallest absolute Gasteiger partial charge is 0.338 e. The van der Waals surface area contributed by atoms with Crippen LogP contribution in [0.25, 0.3) is 0 Å². The molecule has 2 aromatic carbocycles. The van der Waals surface area contributed by atoms with E-state index in [9.17, 15) is 14.0 Å². The fourth-order valence-electron chi connectivity index (χ4n) is 4.77. The summed E-state index contributed by atoms with van der Waals surface area (Å²) in [7, 11) is 0. The summed E-state index contributed by atoms with van der Waals surface area (Å²) in [6.07, 6.45) is 3.16. The number of morpholine rings is 1. The highest BCUT2D eigenvalue weighted by atomic mass is 19.1. The van der Waals surface area contributed by atoms with E-state index in [0.29, 0.717) is 43.5 Å². The van der Waals surface area contributed by atoms with Gasteiger partial charge in [-0.2, -0.15) is 0 Å². The standard InChI is InChI=1S/C27H34FN3O4/c1-2-34-26(32)22-4-3-5-24(17-22)29-27(33)31-14-15-35-25(19-31)18-30-12-10-21(11-13-30)16-20-6-8-23(28)9-7-20/h3-9,17,21,25H,2,10-16,18-19H2,1H3,(H,29,33). The minimum Gasteiger partial charge on any atom is -0.462 e. The summed E-state index contributed by atoms with van der Waals surface area (Å²) in [5.41, 5.74) is 2.16.